The Morgan fingerprint density at radius 3 is 2.80 bits per heavy atom. The fourth-order valence-electron chi connectivity index (χ4n) is 1.01. The number of nitrogens with two attached hydrogens (primary N) is 1. The van der Waals surface area contributed by atoms with Crippen LogP contribution < -0.4 is 10.5 Å². The van der Waals surface area contributed by atoms with Crippen molar-refractivity contribution in [3.05, 3.63) is 23.9 Å². The largest absolute Gasteiger partial charge is 0.471 e. The molecule has 0 amide bonds. The molecule has 4 heteroatoms. The minimum absolute atomic E-state index is 0.0231. The highest BCUT2D eigenvalue weighted by atomic mass is 16.5. The fraction of sp³-hybridized carbons (Fsp3) is 0.455. The van der Waals surface area contributed by atoms with E-state index in [1.165, 1.54) is 0 Å². The summed E-state index contributed by atoms with van der Waals surface area (Å²) in [5.41, 5.74) is 5.69. The molecule has 1 rings (SSSR count). The molecule has 0 unspecified atom stereocenters. The topological polar surface area (TPSA) is 72.0 Å². The predicted molar refractivity (Wildman–Crippen MR) is 60.3 cm³/mol. The summed E-state index contributed by atoms with van der Waals surface area (Å²) >= 11 is 0. The molecule has 82 valence electrons. The van der Waals surface area contributed by atoms with Crippen molar-refractivity contribution in [2.24, 2.45) is 5.73 Å². The lowest BCUT2D eigenvalue weighted by Gasteiger charge is -2.25. The molecule has 0 aliphatic heterocycles. The van der Waals surface area contributed by atoms with Crippen LogP contribution in [0.5, 0.6) is 5.88 Å². The van der Waals surface area contributed by atoms with Crippen LogP contribution in [0, 0.1) is 5.41 Å². The summed E-state index contributed by atoms with van der Waals surface area (Å²) in [6, 6.07) is 3.47. The Morgan fingerprint density at radius 1 is 1.60 bits per heavy atom. The average Bonchev–Trinajstić information content (AvgIpc) is 2.18. The number of amidine groups is 1. The monoisotopic (exact) mass is 207 g/mol. The van der Waals surface area contributed by atoms with Gasteiger partial charge in [0, 0.05) is 6.20 Å². The lowest BCUT2D eigenvalue weighted by atomic mass is 10.1. The highest BCUT2D eigenvalue weighted by molar-refractivity contribution is 5.96. The number of hydrogen-bond donors (Lipinski definition) is 2. The van der Waals surface area contributed by atoms with Crippen LogP contribution in [0.3, 0.4) is 0 Å². The zero-order chi connectivity index (χ0) is 11.5. The number of aromatic nitrogens is 1. The Kier molecular flexibility index (Phi) is 3.29. The van der Waals surface area contributed by atoms with E-state index in [1.807, 2.05) is 20.8 Å². The lowest BCUT2D eigenvalue weighted by molar-refractivity contribution is 0.0987. The van der Waals surface area contributed by atoms with Crippen LogP contribution in [0.2, 0.25) is 0 Å². The molecule has 1 aromatic heterocycles. The summed E-state index contributed by atoms with van der Waals surface area (Å²) in [4.78, 5) is 4.09. The summed E-state index contributed by atoms with van der Waals surface area (Å²) in [5, 5.41) is 7.40. The number of rotatable bonds is 4. The zero-order valence-electron chi connectivity index (χ0n) is 9.37. The second-order valence-corrected chi connectivity index (χ2v) is 3.99. The van der Waals surface area contributed by atoms with Crippen molar-refractivity contribution in [2.75, 3.05) is 0 Å². The highest BCUT2D eigenvalue weighted by Crippen LogP contribution is 2.21. The van der Waals surface area contributed by atoms with Crippen molar-refractivity contribution in [3.8, 4) is 5.88 Å². The third kappa shape index (κ3) is 2.94. The van der Waals surface area contributed by atoms with E-state index >= 15 is 0 Å². The predicted octanol–water partition coefficient (Wildman–Crippen LogP) is 1.93. The molecule has 0 saturated heterocycles. The molecule has 0 aromatic carbocycles. The quantitative estimate of drug-likeness (QED) is 0.585. The Balaban J connectivity index is 2.99. The van der Waals surface area contributed by atoms with Gasteiger partial charge in [0.05, 0.1) is 5.56 Å². The Hall–Kier alpha value is -1.58. The van der Waals surface area contributed by atoms with Gasteiger partial charge >= 0.3 is 0 Å². The SMILES string of the molecule is CCC(C)(C)Oc1ncccc1C(=N)N. The van der Waals surface area contributed by atoms with Crippen molar-refractivity contribution >= 4 is 5.84 Å². The van der Waals surface area contributed by atoms with E-state index < -0.39 is 0 Å². The van der Waals surface area contributed by atoms with Gasteiger partial charge in [0.25, 0.3) is 0 Å². The van der Waals surface area contributed by atoms with Gasteiger partial charge < -0.3 is 10.5 Å². The highest BCUT2D eigenvalue weighted by Gasteiger charge is 2.20. The van der Waals surface area contributed by atoms with Crippen LogP contribution in [0.4, 0.5) is 0 Å². The number of pyridine rings is 1. The van der Waals surface area contributed by atoms with E-state index in [-0.39, 0.29) is 11.4 Å². The molecule has 0 bridgehead atoms. The molecule has 0 aliphatic carbocycles. The van der Waals surface area contributed by atoms with Gasteiger partial charge in [-0.1, -0.05) is 6.92 Å². The number of nitrogens with one attached hydrogen (secondary N) is 1. The minimum atomic E-state index is -0.293. The van der Waals surface area contributed by atoms with Gasteiger partial charge in [0.15, 0.2) is 0 Å². The van der Waals surface area contributed by atoms with Gasteiger partial charge in [0.2, 0.25) is 5.88 Å². The smallest absolute Gasteiger partial charge is 0.225 e. The molecule has 0 radical (unpaired) electrons. The van der Waals surface area contributed by atoms with Crippen molar-refractivity contribution in [1.29, 1.82) is 5.41 Å². The van der Waals surface area contributed by atoms with E-state index in [9.17, 15) is 0 Å². The third-order valence-electron chi connectivity index (χ3n) is 2.29. The maximum Gasteiger partial charge on any atom is 0.225 e. The van der Waals surface area contributed by atoms with Gasteiger partial charge in [-0.25, -0.2) is 4.98 Å². The summed E-state index contributed by atoms with van der Waals surface area (Å²) in [6.07, 6.45) is 2.49. The second kappa shape index (κ2) is 4.29. The first-order valence-electron chi connectivity index (χ1n) is 4.94. The van der Waals surface area contributed by atoms with E-state index in [1.54, 1.807) is 18.3 Å². The van der Waals surface area contributed by atoms with Gasteiger partial charge in [-0.15, -0.1) is 0 Å². The van der Waals surface area contributed by atoms with Crippen LogP contribution in [0.15, 0.2) is 18.3 Å². The van der Waals surface area contributed by atoms with Gasteiger partial charge in [-0.2, -0.15) is 0 Å². The molecule has 4 nitrogen and oxygen atoms in total. The summed E-state index contributed by atoms with van der Waals surface area (Å²) in [5.74, 6) is 0.404. The third-order valence-corrected chi connectivity index (χ3v) is 2.29. The molecular formula is C11H17N3O. The first-order valence-corrected chi connectivity index (χ1v) is 4.94. The van der Waals surface area contributed by atoms with Crippen LogP contribution in [-0.2, 0) is 0 Å². The van der Waals surface area contributed by atoms with Gasteiger partial charge in [-0.3, -0.25) is 5.41 Å². The Bertz CT molecular complexity index is 361. The summed E-state index contributed by atoms with van der Waals surface area (Å²) in [7, 11) is 0. The fourth-order valence-corrected chi connectivity index (χ4v) is 1.01. The van der Waals surface area contributed by atoms with Gasteiger partial charge in [-0.05, 0) is 32.4 Å². The van der Waals surface area contributed by atoms with E-state index in [0.29, 0.717) is 11.4 Å². The van der Waals surface area contributed by atoms with E-state index in [0.717, 1.165) is 6.42 Å². The standard InChI is InChI=1S/C11H17N3O/c1-4-11(2,3)15-10-8(9(12)13)6-5-7-14-10/h5-7H,4H2,1-3H3,(H3,12,13). The molecule has 1 heterocycles. The number of hydrogen-bond acceptors (Lipinski definition) is 3. The van der Waals surface area contributed by atoms with Crippen LogP contribution in [0.1, 0.15) is 32.8 Å². The molecule has 3 N–H and O–H groups in total. The normalized spacial score (nSPS) is 11.1. The lowest BCUT2D eigenvalue weighted by Crippen LogP contribution is -2.28. The molecule has 0 aliphatic rings. The second-order valence-electron chi connectivity index (χ2n) is 3.99. The van der Waals surface area contributed by atoms with Crippen molar-refractivity contribution in [2.45, 2.75) is 32.8 Å². The van der Waals surface area contributed by atoms with Crippen LogP contribution in [-0.4, -0.2) is 16.4 Å². The molecule has 0 spiro atoms. The molecule has 0 saturated carbocycles. The van der Waals surface area contributed by atoms with Crippen LogP contribution in [0.25, 0.3) is 0 Å². The number of nitrogens with zero attached hydrogens (tertiary/aromatic N) is 1. The van der Waals surface area contributed by atoms with E-state index in [2.05, 4.69) is 4.98 Å². The van der Waals surface area contributed by atoms with Crippen LogP contribution >= 0.6 is 0 Å². The molecule has 1 aromatic rings. The molecule has 0 fully saturated rings. The van der Waals surface area contributed by atoms with Gasteiger partial charge in [0.1, 0.15) is 11.4 Å². The zero-order valence-corrected chi connectivity index (χ0v) is 9.37. The summed E-state index contributed by atoms with van der Waals surface area (Å²) < 4.78 is 5.71. The summed E-state index contributed by atoms with van der Waals surface area (Å²) in [6.45, 7) is 5.99. The van der Waals surface area contributed by atoms with Crippen molar-refractivity contribution in [1.82, 2.24) is 4.98 Å². The minimum Gasteiger partial charge on any atom is -0.471 e. The molecule has 0 atom stereocenters. The maximum atomic E-state index is 7.40. The Morgan fingerprint density at radius 2 is 2.27 bits per heavy atom. The average molecular weight is 207 g/mol. The first-order chi connectivity index (χ1) is 6.96. The van der Waals surface area contributed by atoms with Crippen molar-refractivity contribution in [3.63, 3.8) is 0 Å². The molecule has 15 heavy (non-hydrogen) atoms. The number of ether oxygens (including phenoxy) is 1. The molecular weight excluding hydrogens is 190 g/mol. The number of nitrogen functional groups attached to an aromatic ring is 1. The first kappa shape index (κ1) is 11.5. The van der Waals surface area contributed by atoms with Crippen molar-refractivity contribution < 1.29 is 4.74 Å². The Labute approximate surface area is 90.0 Å². The van der Waals surface area contributed by atoms with E-state index in [4.69, 9.17) is 15.9 Å². The maximum absolute atomic E-state index is 7.40.